The van der Waals surface area contributed by atoms with Crippen LogP contribution in [0.3, 0.4) is 0 Å². The highest BCUT2D eigenvalue weighted by atomic mass is 32.2. The lowest BCUT2D eigenvalue weighted by atomic mass is 9.92. The summed E-state index contributed by atoms with van der Waals surface area (Å²) in [6, 6.07) is 6.27. The quantitative estimate of drug-likeness (QED) is 0.722. The number of para-hydroxylation sites is 1. The van der Waals surface area contributed by atoms with Gasteiger partial charge in [0.15, 0.2) is 4.34 Å². The molecule has 1 amide bonds. The number of amides is 1. The molecule has 0 fully saturated rings. The van der Waals surface area contributed by atoms with E-state index in [0.29, 0.717) is 24.0 Å². The summed E-state index contributed by atoms with van der Waals surface area (Å²) in [6.45, 7) is 8.61. The Hall–Kier alpha value is -1.40. The second-order valence-corrected chi connectivity index (χ2v) is 8.15. The van der Waals surface area contributed by atoms with Gasteiger partial charge >= 0.3 is 0 Å². The standard InChI is InChI=1S/C17H23N3OS2/c1-11(2)13-6-5-7-14(12(3)4)16(13)19-15(21)8-9-22-17-20-18-10-23-17/h5-7,10-12H,8-9H2,1-4H3,(H,19,21). The summed E-state index contributed by atoms with van der Waals surface area (Å²) in [7, 11) is 0. The van der Waals surface area contributed by atoms with E-state index in [9.17, 15) is 4.79 Å². The van der Waals surface area contributed by atoms with Gasteiger partial charge in [0, 0.05) is 17.9 Å². The summed E-state index contributed by atoms with van der Waals surface area (Å²) >= 11 is 3.07. The van der Waals surface area contributed by atoms with Crippen LogP contribution in [0.15, 0.2) is 28.0 Å². The van der Waals surface area contributed by atoms with Crippen LogP contribution in [0.5, 0.6) is 0 Å². The van der Waals surface area contributed by atoms with Crippen molar-refractivity contribution in [2.24, 2.45) is 0 Å². The Bertz CT molecular complexity index is 613. The lowest BCUT2D eigenvalue weighted by Crippen LogP contribution is -2.16. The number of carbonyl (C=O) groups excluding carboxylic acids is 1. The summed E-state index contributed by atoms with van der Waals surface area (Å²) in [5, 5.41) is 10.9. The van der Waals surface area contributed by atoms with Gasteiger partial charge in [-0.1, -0.05) is 69.0 Å². The second kappa shape index (κ2) is 8.45. The Morgan fingerprint density at radius 2 is 1.87 bits per heavy atom. The van der Waals surface area contributed by atoms with Crippen LogP contribution in [0.2, 0.25) is 0 Å². The molecule has 23 heavy (non-hydrogen) atoms. The zero-order chi connectivity index (χ0) is 16.8. The highest BCUT2D eigenvalue weighted by Crippen LogP contribution is 2.32. The summed E-state index contributed by atoms with van der Waals surface area (Å²) in [6.07, 6.45) is 0.466. The lowest BCUT2D eigenvalue weighted by Gasteiger charge is -2.20. The van der Waals surface area contributed by atoms with Crippen molar-refractivity contribution >= 4 is 34.7 Å². The van der Waals surface area contributed by atoms with Crippen molar-refractivity contribution in [1.29, 1.82) is 0 Å². The van der Waals surface area contributed by atoms with E-state index in [1.807, 2.05) is 0 Å². The molecule has 0 aliphatic rings. The molecule has 0 bridgehead atoms. The zero-order valence-corrected chi connectivity index (χ0v) is 15.6. The fraction of sp³-hybridized carbons (Fsp3) is 0.471. The molecular weight excluding hydrogens is 326 g/mol. The Morgan fingerprint density at radius 3 is 2.39 bits per heavy atom. The third kappa shape index (κ3) is 5.04. The van der Waals surface area contributed by atoms with Crippen LogP contribution in [0.1, 0.15) is 57.1 Å². The van der Waals surface area contributed by atoms with E-state index >= 15 is 0 Å². The molecule has 1 aromatic heterocycles. The molecule has 0 radical (unpaired) electrons. The zero-order valence-electron chi connectivity index (χ0n) is 14.0. The first-order valence-corrected chi connectivity index (χ1v) is 9.67. The predicted octanol–water partition coefficient (Wildman–Crippen LogP) is 4.91. The van der Waals surface area contributed by atoms with Gasteiger partial charge in [-0.05, 0) is 23.0 Å². The van der Waals surface area contributed by atoms with Crippen molar-refractivity contribution in [2.75, 3.05) is 11.1 Å². The maximum absolute atomic E-state index is 12.3. The van der Waals surface area contributed by atoms with Gasteiger partial charge in [0.2, 0.25) is 5.91 Å². The Kier molecular flexibility index (Phi) is 6.59. The van der Waals surface area contributed by atoms with Gasteiger partial charge in [-0.3, -0.25) is 4.79 Å². The molecule has 124 valence electrons. The minimum Gasteiger partial charge on any atom is -0.326 e. The number of aromatic nitrogens is 2. The number of nitrogens with one attached hydrogen (secondary N) is 1. The third-order valence-electron chi connectivity index (χ3n) is 3.53. The maximum Gasteiger partial charge on any atom is 0.225 e. The summed E-state index contributed by atoms with van der Waals surface area (Å²) in [5.41, 5.74) is 5.09. The maximum atomic E-state index is 12.3. The fourth-order valence-electron chi connectivity index (χ4n) is 2.35. The molecule has 0 atom stereocenters. The molecule has 0 saturated heterocycles. The molecule has 1 aromatic carbocycles. The van der Waals surface area contributed by atoms with Crippen LogP contribution in [-0.2, 0) is 4.79 Å². The van der Waals surface area contributed by atoms with E-state index in [0.717, 1.165) is 10.0 Å². The molecule has 0 aliphatic heterocycles. The second-order valence-electron chi connectivity index (χ2n) is 5.97. The number of hydrogen-bond donors (Lipinski definition) is 1. The number of thioether (sulfide) groups is 1. The minimum atomic E-state index is 0.0528. The highest BCUT2D eigenvalue weighted by Gasteiger charge is 2.15. The summed E-state index contributed by atoms with van der Waals surface area (Å²) in [5.74, 6) is 1.51. The number of nitrogens with zero attached hydrogens (tertiary/aromatic N) is 2. The van der Waals surface area contributed by atoms with Crippen LogP contribution in [0.4, 0.5) is 5.69 Å². The van der Waals surface area contributed by atoms with Crippen molar-refractivity contribution in [3.63, 3.8) is 0 Å². The van der Waals surface area contributed by atoms with Crippen LogP contribution in [0.25, 0.3) is 0 Å². The topological polar surface area (TPSA) is 54.9 Å². The smallest absolute Gasteiger partial charge is 0.225 e. The predicted molar refractivity (Wildman–Crippen MR) is 98.5 cm³/mol. The van der Waals surface area contributed by atoms with E-state index in [-0.39, 0.29) is 5.91 Å². The van der Waals surface area contributed by atoms with Gasteiger partial charge in [0.05, 0.1) is 0 Å². The average molecular weight is 350 g/mol. The first kappa shape index (κ1) is 17.9. The lowest BCUT2D eigenvalue weighted by molar-refractivity contribution is -0.115. The van der Waals surface area contributed by atoms with Gasteiger partial charge in [-0.15, -0.1) is 10.2 Å². The molecular formula is C17H23N3OS2. The van der Waals surface area contributed by atoms with Crippen molar-refractivity contribution in [1.82, 2.24) is 10.2 Å². The Labute approximate surface area is 146 Å². The van der Waals surface area contributed by atoms with Crippen LogP contribution in [-0.4, -0.2) is 21.9 Å². The molecule has 0 saturated carbocycles. The van der Waals surface area contributed by atoms with Gasteiger partial charge in [0.25, 0.3) is 0 Å². The fourth-order valence-corrected chi connectivity index (χ4v) is 3.85. The molecule has 6 heteroatoms. The van der Waals surface area contributed by atoms with E-state index in [2.05, 4.69) is 61.4 Å². The molecule has 0 spiro atoms. The monoisotopic (exact) mass is 349 g/mol. The Balaban J connectivity index is 2.04. The molecule has 2 rings (SSSR count). The molecule has 1 heterocycles. The van der Waals surface area contributed by atoms with E-state index < -0.39 is 0 Å². The highest BCUT2D eigenvalue weighted by molar-refractivity contribution is 8.01. The van der Waals surface area contributed by atoms with Crippen molar-refractivity contribution in [3.05, 3.63) is 34.8 Å². The normalized spacial score (nSPS) is 11.2. The van der Waals surface area contributed by atoms with Gasteiger partial charge in [-0.25, -0.2) is 0 Å². The number of hydrogen-bond acceptors (Lipinski definition) is 5. The van der Waals surface area contributed by atoms with Gasteiger partial charge in [-0.2, -0.15) is 0 Å². The van der Waals surface area contributed by atoms with E-state index in [1.165, 1.54) is 22.5 Å². The van der Waals surface area contributed by atoms with Crippen LogP contribution < -0.4 is 5.32 Å². The molecule has 0 unspecified atom stereocenters. The number of rotatable bonds is 7. The van der Waals surface area contributed by atoms with Crippen molar-refractivity contribution in [3.8, 4) is 0 Å². The minimum absolute atomic E-state index is 0.0528. The summed E-state index contributed by atoms with van der Waals surface area (Å²) < 4.78 is 0.906. The molecule has 0 aliphatic carbocycles. The molecule has 2 aromatic rings. The van der Waals surface area contributed by atoms with Crippen molar-refractivity contribution in [2.45, 2.75) is 50.3 Å². The van der Waals surface area contributed by atoms with Gasteiger partial charge in [0.1, 0.15) is 5.51 Å². The first-order chi connectivity index (χ1) is 11.0. The van der Waals surface area contributed by atoms with E-state index in [4.69, 9.17) is 0 Å². The molecule has 1 N–H and O–H groups in total. The average Bonchev–Trinajstić information content (AvgIpc) is 3.00. The number of carbonyl (C=O) groups is 1. The SMILES string of the molecule is CC(C)c1cccc(C(C)C)c1NC(=O)CCSc1nncs1. The largest absolute Gasteiger partial charge is 0.326 e. The van der Waals surface area contributed by atoms with E-state index in [1.54, 1.807) is 17.3 Å². The van der Waals surface area contributed by atoms with Crippen LogP contribution >= 0.6 is 23.1 Å². The van der Waals surface area contributed by atoms with Gasteiger partial charge < -0.3 is 5.32 Å². The summed E-state index contributed by atoms with van der Waals surface area (Å²) in [4.78, 5) is 12.3. The van der Waals surface area contributed by atoms with Crippen LogP contribution in [0, 0.1) is 0 Å². The molecule has 4 nitrogen and oxygen atoms in total. The number of anilines is 1. The first-order valence-electron chi connectivity index (χ1n) is 7.80. The van der Waals surface area contributed by atoms with Crippen molar-refractivity contribution < 1.29 is 4.79 Å². The Morgan fingerprint density at radius 1 is 1.22 bits per heavy atom. The third-order valence-corrected chi connectivity index (χ3v) is 5.39. The number of benzene rings is 1.